The summed E-state index contributed by atoms with van der Waals surface area (Å²) in [6.07, 6.45) is 21.2. The summed E-state index contributed by atoms with van der Waals surface area (Å²) in [5, 5.41) is 3.45. The number of hydrogen-bond donors (Lipinski definition) is 2. The molecule has 0 rings (SSSR count). The first-order valence-electron chi connectivity index (χ1n) is 9.82. The molecule has 2 nitrogen and oxygen atoms in total. The number of nitrogens with one attached hydrogen (secondary N) is 1. The second kappa shape index (κ2) is 19.9. The van der Waals surface area contributed by atoms with Crippen molar-refractivity contribution >= 4 is 0 Å². The van der Waals surface area contributed by atoms with E-state index < -0.39 is 0 Å². The minimum Gasteiger partial charge on any atom is -0.330 e. The molecular formula is C19H42N2. The predicted molar refractivity (Wildman–Crippen MR) is 96.9 cm³/mol. The van der Waals surface area contributed by atoms with Crippen molar-refractivity contribution in [2.24, 2.45) is 5.73 Å². The SMILES string of the molecule is CCCCCCCCCCCCCCCCNCCCN. The summed E-state index contributed by atoms with van der Waals surface area (Å²) in [5.74, 6) is 0. The maximum absolute atomic E-state index is 5.45. The normalized spacial score (nSPS) is 11.1. The zero-order valence-corrected chi connectivity index (χ0v) is 14.8. The van der Waals surface area contributed by atoms with Crippen molar-refractivity contribution in [1.29, 1.82) is 0 Å². The van der Waals surface area contributed by atoms with Crippen LogP contribution in [0.5, 0.6) is 0 Å². The molecule has 0 saturated heterocycles. The first-order valence-corrected chi connectivity index (χ1v) is 9.82. The fourth-order valence-electron chi connectivity index (χ4n) is 2.80. The van der Waals surface area contributed by atoms with Crippen LogP contribution in [0.15, 0.2) is 0 Å². The Balaban J connectivity index is 2.90. The van der Waals surface area contributed by atoms with Gasteiger partial charge in [0.15, 0.2) is 0 Å². The summed E-state index contributed by atoms with van der Waals surface area (Å²) in [5.41, 5.74) is 5.45. The van der Waals surface area contributed by atoms with Crippen LogP contribution in [0.2, 0.25) is 0 Å². The van der Waals surface area contributed by atoms with E-state index in [1.807, 2.05) is 0 Å². The molecule has 0 amide bonds. The minimum atomic E-state index is 0.811. The Morgan fingerprint density at radius 2 is 0.905 bits per heavy atom. The van der Waals surface area contributed by atoms with Crippen LogP contribution in [0.4, 0.5) is 0 Å². The lowest BCUT2D eigenvalue weighted by atomic mass is 10.0. The molecule has 3 N–H and O–H groups in total. The number of rotatable bonds is 18. The standard InChI is InChI=1S/C19H42N2/c1-2-3-4-5-6-7-8-9-10-11-12-13-14-15-18-21-19-16-17-20/h21H,2-20H2,1H3. The molecule has 0 saturated carbocycles. The summed E-state index contributed by atoms with van der Waals surface area (Å²) in [6, 6.07) is 0. The minimum absolute atomic E-state index is 0.811. The predicted octanol–water partition coefficient (Wildman–Crippen LogP) is 5.41. The molecule has 2 heteroatoms. The third-order valence-corrected chi connectivity index (χ3v) is 4.26. The third-order valence-electron chi connectivity index (χ3n) is 4.26. The largest absolute Gasteiger partial charge is 0.330 e. The van der Waals surface area contributed by atoms with Gasteiger partial charge in [0.05, 0.1) is 0 Å². The molecule has 0 radical (unpaired) electrons. The fourth-order valence-corrected chi connectivity index (χ4v) is 2.80. The van der Waals surface area contributed by atoms with Crippen LogP contribution in [0.3, 0.4) is 0 Å². The van der Waals surface area contributed by atoms with Gasteiger partial charge in [-0.25, -0.2) is 0 Å². The van der Waals surface area contributed by atoms with Crippen molar-refractivity contribution in [3.63, 3.8) is 0 Å². The van der Waals surface area contributed by atoms with E-state index in [2.05, 4.69) is 12.2 Å². The van der Waals surface area contributed by atoms with Gasteiger partial charge in [0.25, 0.3) is 0 Å². The maximum Gasteiger partial charge on any atom is -0.00369 e. The van der Waals surface area contributed by atoms with Crippen molar-refractivity contribution in [3.05, 3.63) is 0 Å². The summed E-state index contributed by atoms with van der Waals surface area (Å²) >= 11 is 0. The van der Waals surface area contributed by atoms with Crippen LogP contribution in [0.25, 0.3) is 0 Å². The molecule has 0 aliphatic carbocycles. The number of unbranched alkanes of at least 4 members (excludes halogenated alkanes) is 13. The molecule has 0 atom stereocenters. The highest BCUT2D eigenvalue weighted by atomic mass is 14.8. The van der Waals surface area contributed by atoms with E-state index in [-0.39, 0.29) is 0 Å². The Morgan fingerprint density at radius 3 is 1.33 bits per heavy atom. The van der Waals surface area contributed by atoms with Crippen LogP contribution < -0.4 is 11.1 Å². The van der Waals surface area contributed by atoms with Crippen molar-refractivity contribution in [1.82, 2.24) is 5.32 Å². The number of nitrogens with two attached hydrogens (primary N) is 1. The van der Waals surface area contributed by atoms with Gasteiger partial charge in [0.1, 0.15) is 0 Å². The van der Waals surface area contributed by atoms with Crippen molar-refractivity contribution in [2.75, 3.05) is 19.6 Å². The van der Waals surface area contributed by atoms with Crippen molar-refractivity contribution in [2.45, 2.75) is 103 Å². The molecule has 128 valence electrons. The Morgan fingerprint density at radius 1 is 0.524 bits per heavy atom. The van der Waals surface area contributed by atoms with Crippen molar-refractivity contribution in [3.8, 4) is 0 Å². The quantitative estimate of drug-likeness (QED) is 0.332. The Bertz CT molecular complexity index is 153. The van der Waals surface area contributed by atoms with Crippen LogP contribution >= 0.6 is 0 Å². The summed E-state index contributed by atoms with van der Waals surface area (Å²) < 4.78 is 0. The van der Waals surface area contributed by atoms with E-state index in [0.29, 0.717) is 0 Å². The lowest BCUT2D eigenvalue weighted by molar-refractivity contribution is 0.529. The van der Waals surface area contributed by atoms with E-state index in [1.54, 1.807) is 0 Å². The Kier molecular flexibility index (Phi) is 19.8. The molecule has 0 heterocycles. The van der Waals surface area contributed by atoms with Gasteiger partial charge in [0.2, 0.25) is 0 Å². The molecule has 0 unspecified atom stereocenters. The van der Waals surface area contributed by atoms with Gasteiger partial charge in [-0.1, -0.05) is 90.4 Å². The number of hydrogen-bond acceptors (Lipinski definition) is 2. The lowest BCUT2D eigenvalue weighted by Gasteiger charge is -2.04. The Labute approximate surface area is 134 Å². The highest BCUT2D eigenvalue weighted by Gasteiger charge is 1.94. The lowest BCUT2D eigenvalue weighted by Crippen LogP contribution is -2.19. The molecule has 0 aromatic rings. The summed E-state index contributed by atoms with van der Waals surface area (Å²) in [7, 11) is 0. The van der Waals surface area contributed by atoms with Gasteiger partial charge in [-0.3, -0.25) is 0 Å². The molecule has 0 aromatic heterocycles. The van der Waals surface area contributed by atoms with Crippen LogP contribution in [-0.4, -0.2) is 19.6 Å². The molecule has 0 aliphatic rings. The molecular weight excluding hydrogens is 256 g/mol. The second-order valence-electron chi connectivity index (χ2n) is 6.49. The van der Waals surface area contributed by atoms with E-state index in [4.69, 9.17) is 5.73 Å². The van der Waals surface area contributed by atoms with Crippen molar-refractivity contribution < 1.29 is 0 Å². The smallest absolute Gasteiger partial charge is 0.00369 e. The van der Waals surface area contributed by atoms with Crippen LogP contribution in [-0.2, 0) is 0 Å². The van der Waals surface area contributed by atoms with Gasteiger partial charge >= 0.3 is 0 Å². The molecule has 0 spiro atoms. The topological polar surface area (TPSA) is 38.0 Å². The van der Waals surface area contributed by atoms with Gasteiger partial charge in [0, 0.05) is 0 Å². The first kappa shape index (κ1) is 20.9. The van der Waals surface area contributed by atoms with Gasteiger partial charge < -0.3 is 11.1 Å². The molecule has 0 fully saturated rings. The van der Waals surface area contributed by atoms with Crippen LogP contribution in [0, 0.1) is 0 Å². The molecule has 0 aromatic carbocycles. The highest BCUT2D eigenvalue weighted by molar-refractivity contribution is 4.51. The maximum atomic E-state index is 5.45. The molecule has 21 heavy (non-hydrogen) atoms. The van der Waals surface area contributed by atoms with Crippen LogP contribution in [0.1, 0.15) is 103 Å². The summed E-state index contributed by atoms with van der Waals surface area (Å²) in [4.78, 5) is 0. The van der Waals surface area contributed by atoms with E-state index in [9.17, 15) is 0 Å². The average Bonchev–Trinajstić information content (AvgIpc) is 2.50. The van der Waals surface area contributed by atoms with E-state index >= 15 is 0 Å². The monoisotopic (exact) mass is 298 g/mol. The zero-order chi connectivity index (χ0) is 15.4. The molecule has 0 aliphatic heterocycles. The Hall–Kier alpha value is -0.0800. The van der Waals surface area contributed by atoms with Gasteiger partial charge in [-0.2, -0.15) is 0 Å². The van der Waals surface area contributed by atoms with Gasteiger partial charge in [-0.15, -0.1) is 0 Å². The summed E-state index contributed by atoms with van der Waals surface area (Å²) in [6.45, 7) is 5.37. The zero-order valence-electron chi connectivity index (χ0n) is 14.8. The average molecular weight is 299 g/mol. The second-order valence-corrected chi connectivity index (χ2v) is 6.49. The van der Waals surface area contributed by atoms with E-state index in [1.165, 1.54) is 96.4 Å². The first-order chi connectivity index (χ1) is 10.4. The third kappa shape index (κ3) is 19.9. The van der Waals surface area contributed by atoms with E-state index in [0.717, 1.165) is 19.5 Å². The van der Waals surface area contributed by atoms with Gasteiger partial charge in [-0.05, 0) is 32.5 Å². The highest BCUT2D eigenvalue weighted by Crippen LogP contribution is 2.12. The fraction of sp³-hybridized carbons (Fsp3) is 1.00. The molecule has 0 bridgehead atoms.